The van der Waals surface area contributed by atoms with E-state index in [1.165, 1.54) is 4.90 Å². The molecule has 0 saturated carbocycles. The molecule has 0 saturated heterocycles. The molecule has 2 aromatic rings. The predicted molar refractivity (Wildman–Crippen MR) is 115 cm³/mol. The zero-order chi connectivity index (χ0) is 23.9. The van der Waals surface area contributed by atoms with Crippen molar-refractivity contribution < 1.29 is 27.6 Å². The van der Waals surface area contributed by atoms with Gasteiger partial charge < -0.3 is 15.5 Å². The van der Waals surface area contributed by atoms with Crippen LogP contribution in [0.4, 0.5) is 18.9 Å². The number of aryl methyl sites for hydroxylation is 1. The predicted octanol–water partition coefficient (Wildman–Crippen LogP) is 3.87. The van der Waals surface area contributed by atoms with E-state index in [-0.39, 0.29) is 31.1 Å². The van der Waals surface area contributed by atoms with E-state index in [1.54, 1.807) is 12.1 Å². The zero-order valence-corrected chi connectivity index (χ0v) is 18.1. The van der Waals surface area contributed by atoms with Crippen LogP contribution in [0.1, 0.15) is 35.3 Å². The summed E-state index contributed by atoms with van der Waals surface area (Å²) in [7, 11) is 0. The maximum absolute atomic E-state index is 12.8. The summed E-state index contributed by atoms with van der Waals surface area (Å²) in [5.41, 5.74) is 0.818. The van der Waals surface area contributed by atoms with E-state index in [2.05, 4.69) is 10.6 Å². The molecule has 0 unspecified atom stereocenters. The van der Waals surface area contributed by atoms with Crippen LogP contribution in [0.5, 0.6) is 0 Å². The Morgan fingerprint density at radius 3 is 2.06 bits per heavy atom. The van der Waals surface area contributed by atoms with Gasteiger partial charge in [0.15, 0.2) is 0 Å². The molecule has 0 atom stereocenters. The van der Waals surface area contributed by atoms with E-state index >= 15 is 0 Å². The fourth-order valence-electron chi connectivity index (χ4n) is 2.89. The number of nitrogens with zero attached hydrogens (tertiary/aromatic N) is 1. The molecule has 3 amide bonds. The number of anilines is 1. The van der Waals surface area contributed by atoms with Crippen LogP contribution >= 0.6 is 0 Å². The summed E-state index contributed by atoms with van der Waals surface area (Å²) in [5.74, 6) is -1.52. The normalized spacial score (nSPS) is 11.2. The van der Waals surface area contributed by atoms with Crippen molar-refractivity contribution in [1.29, 1.82) is 0 Å². The van der Waals surface area contributed by atoms with Gasteiger partial charge in [-0.15, -0.1) is 0 Å². The Bertz CT molecular complexity index is 940. The molecular formula is C23H26F3N3O3. The SMILES string of the molecule is Cc1ccc(NC(=O)CNC(=O)CN(CC(C)C)C(=O)c2ccc(C(F)(F)F)cc2)cc1. The van der Waals surface area contributed by atoms with Crippen LogP contribution in [-0.4, -0.2) is 42.3 Å². The highest BCUT2D eigenvalue weighted by molar-refractivity contribution is 5.98. The molecule has 0 bridgehead atoms. The lowest BCUT2D eigenvalue weighted by atomic mass is 10.1. The van der Waals surface area contributed by atoms with Gasteiger partial charge in [0.25, 0.3) is 5.91 Å². The zero-order valence-electron chi connectivity index (χ0n) is 18.1. The molecule has 0 aliphatic rings. The number of amides is 3. The van der Waals surface area contributed by atoms with Crippen molar-refractivity contribution in [2.24, 2.45) is 5.92 Å². The number of rotatable bonds is 8. The van der Waals surface area contributed by atoms with E-state index in [9.17, 15) is 27.6 Å². The number of benzene rings is 2. The third kappa shape index (κ3) is 7.72. The van der Waals surface area contributed by atoms with Crippen LogP contribution in [-0.2, 0) is 15.8 Å². The number of carbonyl (C=O) groups excluding carboxylic acids is 3. The third-order valence-corrected chi connectivity index (χ3v) is 4.45. The number of nitrogens with one attached hydrogen (secondary N) is 2. The van der Waals surface area contributed by atoms with Crippen molar-refractivity contribution >= 4 is 23.4 Å². The quantitative estimate of drug-likeness (QED) is 0.642. The number of halogens is 3. The summed E-state index contributed by atoms with van der Waals surface area (Å²) in [6, 6.07) is 11.0. The second kappa shape index (κ2) is 10.8. The standard InChI is InChI=1S/C23H26F3N3O3/c1-15(2)13-29(22(32)17-6-8-18(9-7-17)23(24,25)26)14-21(31)27-12-20(30)28-19-10-4-16(3)5-11-19/h4-11,15H,12-14H2,1-3H3,(H,27,31)(H,28,30). The fourth-order valence-corrected chi connectivity index (χ4v) is 2.89. The van der Waals surface area contributed by atoms with Crippen LogP contribution in [0.15, 0.2) is 48.5 Å². The lowest BCUT2D eigenvalue weighted by Gasteiger charge is -2.24. The van der Waals surface area contributed by atoms with Crippen LogP contribution < -0.4 is 10.6 Å². The number of alkyl halides is 3. The van der Waals surface area contributed by atoms with Gasteiger partial charge >= 0.3 is 6.18 Å². The van der Waals surface area contributed by atoms with Crippen molar-refractivity contribution in [2.75, 3.05) is 25.0 Å². The van der Waals surface area contributed by atoms with Gasteiger partial charge in [0.2, 0.25) is 11.8 Å². The van der Waals surface area contributed by atoms with Gasteiger partial charge in [-0.25, -0.2) is 0 Å². The Labute approximate surface area is 184 Å². The van der Waals surface area contributed by atoms with Gasteiger partial charge in [-0.2, -0.15) is 13.2 Å². The summed E-state index contributed by atoms with van der Waals surface area (Å²) >= 11 is 0. The summed E-state index contributed by atoms with van der Waals surface area (Å²) in [6.07, 6.45) is -4.50. The topological polar surface area (TPSA) is 78.5 Å². The van der Waals surface area contributed by atoms with Crippen molar-refractivity contribution in [3.8, 4) is 0 Å². The number of hydrogen-bond acceptors (Lipinski definition) is 3. The van der Waals surface area contributed by atoms with Gasteiger partial charge in [0, 0.05) is 17.8 Å². The molecule has 2 N–H and O–H groups in total. The molecule has 172 valence electrons. The minimum atomic E-state index is -4.50. The number of hydrogen-bond donors (Lipinski definition) is 2. The van der Waals surface area contributed by atoms with Gasteiger partial charge in [-0.05, 0) is 49.2 Å². The molecule has 0 aliphatic carbocycles. The smallest absolute Gasteiger partial charge is 0.345 e. The average molecular weight is 449 g/mol. The first-order chi connectivity index (χ1) is 15.0. The maximum Gasteiger partial charge on any atom is 0.416 e. The molecule has 0 fully saturated rings. The largest absolute Gasteiger partial charge is 0.416 e. The number of carbonyl (C=O) groups is 3. The van der Waals surface area contributed by atoms with E-state index in [0.29, 0.717) is 5.69 Å². The van der Waals surface area contributed by atoms with E-state index < -0.39 is 29.5 Å². The first kappa shape index (κ1) is 24.9. The highest BCUT2D eigenvalue weighted by atomic mass is 19.4. The minimum Gasteiger partial charge on any atom is -0.345 e. The first-order valence-corrected chi connectivity index (χ1v) is 10.1. The second-order valence-electron chi connectivity index (χ2n) is 7.85. The van der Waals surface area contributed by atoms with Gasteiger partial charge in [-0.1, -0.05) is 31.5 Å². The van der Waals surface area contributed by atoms with E-state index in [4.69, 9.17) is 0 Å². The Hall–Kier alpha value is -3.36. The Balaban J connectivity index is 1.96. The van der Waals surface area contributed by atoms with Crippen molar-refractivity contribution in [2.45, 2.75) is 26.9 Å². The summed E-state index contributed by atoms with van der Waals surface area (Å²) in [6.45, 7) is 5.23. The van der Waals surface area contributed by atoms with Gasteiger partial charge in [0.1, 0.15) is 0 Å². The lowest BCUT2D eigenvalue weighted by Crippen LogP contribution is -2.44. The molecule has 32 heavy (non-hydrogen) atoms. The minimum absolute atomic E-state index is 0.0195. The van der Waals surface area contributed by atoms with Crippen molar-refractivity contribution in [3.63, 3.8) is 0 Å². The fraction of sp³-hybridized carbons (Fsp3) is 0.348. The first-order valence-electron chi connectivity index (χ1n) is 10.1. The molecule has 2 aromatic carbocycles. The molecule has 0 heterocycles. The molecule has 2 rings (SSSR count). The molecule has 0 radical (unpaired) electrons. The van der Waals surface area contributed by atoms with Gasteiger partial charge in [-0.3, -0.25) is 14.4 Å². The van der Waals surface area contributed by atoms with Crippen LogP contribution in [0.25, 0.3) is 0 Å². The van der Waals surface area contributed by atoms with Crippen molar-refractivity contribution in [3.05, 3.63) is 65.2 Å². The monoisotopic (exact) mass is 449 g/mol. The maximum atomic E-state index is 12.8. The summed E-state index contributed by atoms with van der Waals surface area (Å²) in [4.78, 5) is 38.4. The molecule has 0 aliphatic heterocycles. The Kier molecular flexibility index (Phi) is 8.40. The Morgan fingerprint density at radius 1 is 0.938 bits per heavy atom. The third-order valence-electron chi connectivity index (χ3n) is 4.45. The average Bonchev–Trinajstić information content (AvgIpc) is 2.72. The highest BCUT2D eigenvalue weighted by Gasteiger charge is 2.30. The highest BCUT2D eigenvalue weighted by Crippen LogP contribution is 2.29. The molecule has 6 nitrogen and oxygen atoms in total. The summed E-state index contributed by atoms with van der Waals surface area (Å²) in [5, 5.41) is 5.11. The lowest BCUT2D eigenvalue weighted by molar-refractivity contribution is -0.137. The second-order valence-corrected chi connectivity index (χ2v) is 7.85. The van der Waals surface area contributed by atoms with Gasteiger partial charge in [0.05, 0.1) is 18.7 Å². The van der Waals surface area contributed by atoms with Crippen molar-refractivity contribution in [1.82, 2.24) is 10.2 Å². The molecule has 0 aromatic heterocycles. The van der Waals surface area contributed by atoms with Crippen LogP contribution in [0.3, 0.4) is 0 Å². The molecule has 9 heteroatoms. The summed E-state index contributed by atoms with van der Waals surface area (Å²) < 4.78 is 38.2. The van der Waals surface area contributed by atoms with E-state index in [1.807, 2.05) is 32.9 Å². The van der Waals surface area contributed by atoms with Crippen LogP contribution in [0.2, 0.25) is 0 Å². The Morgan fingerprint density at radius 2 is 1.53 bits per heavy atom. The molecular weight excluding hydrogens is 423 g/mol. The van der Waals surface area contributed by atoms with E-state index in [0.717, 1.165) is 29.8 Å². The van der Waals surface area contributed by atoms with Crippen LogP contribution in [0, 0.1) is 12.8 Å². The molecule has 0 spiro atoms.